The summed E-state index contributed by atoms with van der Waals surface area (Å²) in [6.45, 7) is 6.78. The van der Waals surface area contributed by atoms with Crippen LogP contribution < -0.4 is 0 Å². The molecule has 0 aromatic carbocycles. The van der Waals surface area contributed by atoms with Crippen molar-refractivity contribution in [1.29, 1.82) is 0 Å². The Hall–Kier alpha value is -2.77. The Morgan fingerprint density at radius 2 is 1.97 bits per heavy atom. The van der Waals surface area contributed by atoms with E-state index in [9.17, 15) is 9.59 Å². The maximum atomic E-state index is 13.1. The lowest BCUT2D eigenvalue weighted by Crippen LogP contribution is -2.55. The van der Waals surface area contributed by atoms with Gasteiger partial charge in [-0.15, -0.1) is 0 Å². The number of likely N-dealkylation sites (tertiary alicyclic amines) is 1. The van der Waals surface area contributed by atoms with Crippen LogP contribution in [-0.4, -0.2) is 70.1 Å². The maximum Gasteiger partial charge on any atom is 0.319 e. The molecule has 3 amide bonds. The van der Waals surface area contributed by atoms with Gasteiger partial charge in [-0.2, -0.15) is 5.10 Å². The Kier molecular flexibility index (Phi) is 5.34. The summed E-state index contributed by atoms with van der Waals surface area (Å²) in [5.41, 5.74) is 2.01. The molecule has 2 aliphatic heterocycles. The van der Waals surface area contributed by atoms with E-state index in [-0.39, 0.29) is 29.8 Å². The number of amides is 3. The Labute approximate surface area is 177 Å². The van der Waals surface area contributed by atoms with Gasteiger partial charge in [0, 0.05) is 63.5 Å². The first kappa shape index (κ1) is 20.5. The zero-order valence-electron chi connectivity index (χ0n) is 18.3. The third kappa shape index (κ3) is 3.70. The van der Waals surface area contributed by atoms with Gasteiger partial charge in [0.25, 0.3) is 0 Å². The molecule has 0 bridgehead atoms. The zero-order valence-corrected chi connectivity index (χ0v) is 18.3. The van der Waals surface area contributed by atoms with Crippen LogP contribution in [0.25, 0.3) is 0 Å². The summed E-state index contributed by atoms with van der Waals surface area (Å²) >= 11 is 0. The van der Waals surface area contributed by atoms with Crippen LogP contribution in [0.2, 0.25) is 0 Å². The molecule has 0 N–H and O–H groups in total. The highest BCUT2D eigenvalue weighted by atomic mass is 16.3. The number of fused-ring (bicyclic) bond motifs is 2. The zero-order chi connectivity index (χ0) is 21.5. The van der Waals surface area contributed by atoms with Crippen LogP contribution in [0.15, 0.2) is 29.0 Å². The molecule has 4 rings (SSSR count). The molecule has 0 unspecified atom stereocenters. The smallest absolute Gasteiger partial charge is 0.319 e. The lowest BCUT2D eigenvalue weighted by atomic mass is 9.72. The molecule has 0 radical (unpaired) electrons. The van der Waals surface area contributed by atoms with Gasteiger partial charge in [-0.25, -0.2) is 4.79 Å². The first-order chi connectivity index (χ1) is 14.3. The number of urea groups is 1. The second kappa shape index (κ2) is 7.81. The molecule has 4 heterocycles. The topological polar surface area (TPSA) is 74.8 Å². The number of carbonyl (C=O) groups excluding carboxylic acids is 2. The van der Waals surface area contributed by atoms with Crippen LogP contribution >= 0.6 is 0 Å². The van der Waals surface area contributed by atoms with Gasteiger partial charge >= 0.3 is 6.03 Å². The van der Waals surface area contributed by atoms with Crippen molar-refractivity contribution in [2.24, 2.45) is 0 Å². The number of rotatable bonds is 3. The average Bonchev–Trinajstić information content (AvgIpc) is 3.38. The summed E-state index contributed by atoms with van der Waals surface area (Å²) in [5, 5.41) is 4.95. The van der Waals surface area contributed by atoms with Crippen molar-refractivity contribution in [2.45, 2.75) is 51.1 Å². The number of hydrogen-bond donors (Lipinski definition) is 0. The molecular formula is C22H31N5O3. The molecule has 0 atom stereocenters. The number of aromatic nitrogens is 2. The summed E-state index contributed by atoms with van der Waals surface area (Å²) in [7, 11) is 3.57. The van der Waals surface area contributed by atoms with Crippen LogP contribution in [0, 0.1) is 0 Å². The second-order valence-electron chi connectivity index (χ2n) is 9.03. The van der Waals surface area contributed by atoms with Crippen molar-refractivity contribution in [1.82, 2.24) is 24.5 Å². The molecule has 8 heteroatoms. The van der Waals surface area contributed by atoms with Gasteiger partial charge < -0.3 is 19.1 Å². The first-order valence-corrected chi connectivity index (χ1v) is 10.6. The highest BCUT2D eigenvalue weighted by Crippen LogP contribution is 2.41. The van der Waals surface area contributed by atoms with E-state index in [0.29, 0.717) is 31.9 Å². The van der Waals surface area contributed by atoms with Gasteiger partial charge in [-0.3, -0.25) is 9.48 Å². The molecule has 8 nitrogen and oxygen atoms in total. The predicted molar refractivity (Wildman–Crippen MR) is 112 cm³/mol. The molecule has 2 aromatic heterocycles. The van der Waals surface area contributed by atoms with E-state index in [1.807, 2.05) is 26.6 Å². The number of hydrogen-bond acceptors (Lipinski definition) is 4. The molecule has 1 fully saturated rings. The minimum atomic E-state index is -0.213. The van der Waals surface area contributed by atoms with Crippen LogP contribution in [0.4, 0.5) is 4.79 Å². The van der Waals surface area contributed by atoms with Crippen molar-refractivity contribution in [3.63, 3.8) is 0 Å². The first-order valence-electron chi connectivity index (χ1n) is 10.6. The third-order valence-electron chi connectivity index (χ3n) is 6.33. The minimum absolute atomic E-state index is 0.0411. The Balaban J connectivity index is 1.60. The normalized spacial score (nSPS) is 18.0. The molecule has 1 saturated heterocycles. The number of piperidine rings is 1. The van der Waals surface area contributed by atoms with Gasteiger partial charge in [0.1, 0.15) is 5.76 Å². The number of carbonyl (C=O) groups is 2. The molecule has 2 aliphatic rings. The van der Waals surface area contributed by atoms with Crippen molar-refractivity contribution in [2.75, 3.05) is 33.7 Å². The van der Waals surface area contributed by atoms with Crippen LogP contribution in [-0.2, 0) is 23.2 Å². The monoisotopic (exact) mass is 413 g/mol. The van der Waals surface area contributed by atoms with E-state index in [2.05, 4.69) is 20.0 Å². The van der Waals surface area contributed by atoms with Gasteiger partial charge in [-0.05, 0) is 38.8 Å². The second-order valence-corrected chi connectivity index (χ2v) is 9.03. The van der Waals surface area contributed by atoms with E-state index in [1.54, 1.807) is 25.3 Å². The molecular weight excluding hydrogens is 382 g/mol. The summed E-state index contributed by atoms with van der Waals surface area (Å²) in [5.74, 6) is 0.753. The van der Waals surface area contributed by atoms with Crippen LogP contribution in [0.3, 0.4) is 0 Å². The minimum Gasteiger partial charge on any atom is -0.469 e. The Bertz CT molecular complexity index is 907. The highest BCUT2D eigenvalue weighted by Gasteiger charge is 2.46. The summed E-state index contributed by atoms with van der Waals surface area (Å²) in [6.07, 6.45) is 5.56. The fourth-order valence-corrected chi connectivity index (χ4v) is 4.61. The fourth-order valence-electron chi connectivity index (χ4n) is 4.61. The Morgan fingerprint density at radius 3 is 2.57 bits per heavy atom. The third-order valence-corrected chi connectivity index (χ3v) is 6.33. The van der Waals surface area contributed by atoms with Crippen LogP contribution in [0.5, 0.6) is 0 Å². The Morgan fingerprint density at radius 1 is 1.23 bits per heavy atom. The van der Waals surface area contributed by atoms with Crippen LogP contribution in [0.1, 0.15) is 49.7 Å². The predicted octanol–water partition coefficient (Wildman–Crippen LogP) is 2.66. The largest absolute Gasteiger partial charge is 0.469 e. The molecule has 2 aromatic rings. The maximum absolute atomic E-state index is 13.1. The lowest BCUT2D eigenvalue weighted by Gasteiger charge is -2.46. The van der Waals surface area contributed by atoms with Crippen molar-refractivity contribution >= 4 is 11.9 Å². The van der Waals surface area contributed by atoms with Gasteiger partial charge in [0.05, 0.1) is 18.4 Å². The summed E-state index contributed by atoms with van der Waals surface area (Å²) in [4.78, 5) is 31.0. The number of furan rings is 1. The van der Waals surface area contributed by atoms with E-state index < -0.39 is 0 Å². The summed E-state index contributed by atoms with van der Waals surface area (Å²) in [6, 6.07) is 3.95. The van der Waals surface area contributed by atoms with Crippen molar-refractivity contribution in [3.05, 3.63) is 41.6 Å². The van der Waals surface area contributed by atoms with Crippen molar-refractivity contribution < 1.29 is 14.0 Å². The lowest BCUT2D eigenvalue weighted by molar-refractivity contribution is -0.133. The standard InChI is InChI=1S/C22H31N5O3/c1-16(2)27-14-17-13-26(19(28)12-18-6-5-11-30-18)15-22(20(17)23-27)7-9-25(10-8-22)21(29)24(3)4/h5-6,11,14,16H,7-10,12-13,15H2,1-4H3. The van der Waals surface area contributed by atoms with E-state index >= 15 is 0 Å². The summed E-state index contributed by atoms with van der Waals surface area (Å²) < 4.78 is 7.39. The molecule has 0 saturated carbocycles. The SMILES string of the molecule is CC(C)n1cc2c(n1)C1(CCN(C(=O)N(C)C)CC1)CN(C(=O)Cc1ccco1)C2. The molecule has 1 spiro atoms. The van der Waals surface area contributed by atoms with Gasteiger partial charge in [0.2, 0.25) is 5.91 Å². The fraction of sp³-hybridized carbons (Fsp3) is 0.591. The van der Waals surface area contributed by atoms with Gasteiger partial charge in [-0.1, -0.05) is 0 Å². The highest BCUT2D eigenvalue weighted by molar-refractivity contribution is 5.79. The van der Waals surface area contributed by atoms with Gasteiger partial charge in [0.15, 0.2) is 0 Å². The number of nitrogens with zero attached hydrogens (tertiary/aromatic N) is 5. The molecule has 30 heavy (non-hydrogen) atoms. The van der Waals surface area contributed by atoms with E-state index in [1.165, 1.54) is 0 Å². The average molecular weight is 414 g/mol. The van der Waals surface area contributed by atoms with Crippen molar-refractivity contribution in [3.8, 4) is 0 Å². The quantitative estimate of drug-likeness (QED) is 0.775. The molecule has 0 aliphatic carbocycles. The van der Waals surface area contributed by atoms with E-state index in [0.717, 1.165) is 24.1 Å². The molecule has 162 valence electrons. The van der Waals surface area contributed by atoms with E-state index in [4.69, 9.17) is 9.52 Å².